The summed E-state index contributed by atoms with van der Waals surface area (Å²) in [4.78, 5) is 12.4. The lowest BCUT2D eigenvalue weighted by molar-refractivity contribution is 0.627. The SMILES string of the molecule is C=Nc1[nH]c(-c2n[nH]c3ccc(C4=CCNCC4)nc23)cc1/C(=C\C)c1ccc(F)cc1. The second-order valence-corrected chi connectivity index (χ2v) is 7.66. The molecule has 3 N–H and O–H groups in total. The number of aromatic nitrogens is 4. The average molecular weight is 426 g/mol. The minimum Gasteiger partial charge on any atom is -0.338 e. The van der Waals surface area contributed by atoms with E-state index in [-0.39, 0.29) is 5.82 Å². The van der Waals surface area contributed by atoms with Gasteiger partial charge in [-0.15, -0.1) is 0 Å². The van der Waals surface area contributed by atoms with Crippen LogP contribution in [0.1, 0.15) is 30.2 Å². The molecule has 160 valence electrons. The summed E-state index contributed by atoms with van der Waals surface area (Å²) in [6.07, 6.45) is 5.12. The van der Waals surface area contributed by atoms with E-state index in [9.17, 15) is 4.39 Å². The summed E-state index contributed by atoms with van der Waals surface area (Å²) in [5.41, 5.74) is 8.10. The molecule has 0 saturated carbocycles. The number of rotatable bonds is 5. The number of benzene rings is 1. The van der Waals surface area contributed by atoms with Gasteiger partial charge in [-0.3, -0.25) is 5.10 Å². The van der Waals surface area contributed by atoms with Crippen molar-refractivity contribution in [2.45, 2.75) is 13.3 Å². The highest BCUT2D eigenvalue weighted by Crippen LogP contribution is 2.36. The molecule has 0 amide bonds. The Hall–Kier alpha value is -3.84. The van der Waals surface area contributed by atoms with Gasteiger partial charge in [0.2, 0.25) is 0 Å². The van der Waals surface area contributed by atoms with Gasteiger partial charge in [-0.2, -0.15) is 5.10 Å². The van der Waals surface area contributed by atoms with E-state index in [1.54, 1.807) is 12.1 Å². The maximum Gasteiger partial charge on any atom is 0.137 e. The van der Waals surface area contributed by atoms with Crippen LogP contribution >= 0.6 is 0 Å². The number of hydrogen-bond acceptors (Lipinski definition) is 4. The van der Waals surface area contributed by atoms with Gasteiger partial charge in [0.05, 0.1) is 16.9 Å². The molecule has 7 heteroatoms. The van der Waals surface area contributed by atoms with Crippen LogP contribution in [0.25, 0.3) is 33.6 Å². The van der Waals surface area contributed by atoms with Crippen molar-refractivity contribution in [3.63, 3.8) is 0 Å². The predicted octanol–water partition coefficient (Wildman–Crippen LogP) is 5.25. The zero-order valence-corrected chi connectivity index (χ0v) is 17.7. The molecule has 1 aliphatic heterocycles. The number of allylic oxidation sites excluding steroid dienone is 1. The third-order valence-electron chi connectivity index (χ3n) is 5.74. The van der Waals surface area contributed by atoms with Crippen LogP contribution in [0.4, 0.5) is 10.2 Å². The number of fused-ring (bicyclic) bond motifs is 1. The zero-order valence-electron chi connectivity index (χ0n) is 17.7. The normalized spacial score (nSPS) is 14.6. The molecule has 1 aromatic carbocycles. The second kappa shape index (κ2) is 8.36. The first-order chi connectivity index (χ1) is 15.7. The van der Waals surface area contributed by atoms with Crippen LogP contribution in [-0.2, 0) is 0 Å². The molecule has 32 heavy (non-hydrogen) atoms. The monoisotopic (exact) mass is 426 g/mol. The number of aliphatic imine (C=N–C) groups is 1. The van der Waals surface area contributed by atoms with E-state index in [0.29, 0.717) is 5.82 Å². The molecule has 1 aliphatic rings. The number of nitrogens with zero attached hydrogens (tertiary/aromatic N) is 3. The van der Waals surface area contributed by atoms with E-state index in [4.69, 9.17) is 4.98 Å². The fourth-order valence-corrected chi connectivity index (χ4v) is 4.13. The summed E-state index contributed by atoms with van der Waals surface area (Å²) < 4.78 is 13.4. The molecular formula is C25H23FN6. The molecule has 0 spiro atoms. The Morgan fingerprint density at radius 3 is 2.75 bits per heavy atom. The van der Waals surface area contributed by atoms with E-state index < -0.39 is 0 Å². The first-order valence-electron chi connectivity index (χ1n) is 10.6. The van der Waals surface area contributed by atoms with Gasteiger partial charge in [0.25, 0.3) is 0 Å². The topological polar surface area (TPSA) is 81.8 Å². The van der Waals surface area contributed by atoms with Crippen LogP contribution in [0.15, 0.2) is 59.6 Å². The Bertz CT molecular complexity index is 1360. The smallest absolute Gasteiger partial charge is 0.137 e. The Balaban J connectivity index is 1.60. The molecule has 3 aromatic heterocycles. The molecule has 4 aromatic rings. The molecule has 5 rings (SSSR count). The fraction of sp³-hybridized carbons (Fsp3) is 0.160. The van der Waals surface area contributed by atoms with Gasteiger partial charge >= 0.3 is 0 Å². The van der Waals surface area contributed by atoms with Gasteiger partial charge in [0.15, 0.2) is 0 Å². The summed E-state index contributed by atoms with van der Waals surface area (Å²) >= 11 is 0. The van der Waals surface area contributed by atoms with Crippen molar-refractivity contribution < 1.29 is 4.39 Å². The molecule has 0 bridgehead atoms. The highest BCUT2D eigenvalue weighted by atomic mass is 19.1. The van der Waals surface area contributed by atoms with Gasteiger partial charge in [-0.25, -0.2) is 14.4 Å². The van der Waals surface area contributed by atoms with E-state index >= 15 is 0 Å². The summed E-state index contributed by atoms with van der Waals surface area (Å²) in [6, 6.07) is 12.5. The van der Waals surface area contributed by atoms with Crippen molar-refractivity contribution in [2.24, 2.45) is 4.99 Å². The van der Waals surface area contributed by atoms with Crippen LogP contribution in [0.5, 0.6) is 0 Å². The molecule has 6 nitrogen and oxygen atoms in total. The fourth-order valence-electron chi connectivity index (χ4n) is 4.13. The number of hydrogen-bond donors (Lipinski definition) is 3. The van der Waals surface area contributed by atoms with Crippen LogP contribution in [0, 0.1) is 5.82 Å². The second-order valence-electron chi connectivity index (χ2n) is 7.66. The van der Waals surface area contributed by atoms with Crippen molar-refractivity contribution in [1.82, 2.24) is 25.5 Å². The lowest BCUT2D eigenvalue weighted by atomic mass is 9.99. The third kappa shape index (κ3) is 3.56. The number of pyridine rings is 1. The summed E-state index contributed by atoms with van der Waals surface area (Å²) in [5.74, 6) is 0.362. The zero-order chi connectivity index (χ0) is 22.1. The molecule has 0 unspecified atom stereocenters. The van der Waals surface area contributed by atoms with Crippen LogP contribution in [0.2, 0.25) is 0 Å². The summed E-state index contributed by atoms with van der Waals surface area (Å²) in [7, 11) is 0. The Morgan fingerprint density at radius 1 is 1.19 bits per heavy atom. The van der Waals surface area contributed by atoms with Crippen LogP contribution in [-0.4, -0.2) is 40.0 Å². The lowest BCUT2D eigenvalue weighted by Crippen LogP contribution is -2.20. The lowest BCUT2D eigenvalue weighted by Gasteiger charge is -2.13. The number of halogens is 1. The molecule has 4 heterocycles. The van der Waals surface area contributed by atoms with E-state index in [2.05, 4.69) is 38.3 Å². The highest BCUT2D eigenvalue weighted by molar-refractivity contribution is 5.93. The number of aromatic amines is 2. The van der Waals surface area contributed by atoms with E-state index in [0.717, 1.165) is 64.3 Å². The third-order valence-corrected chi connectivity index (χ3v) is 5.74. The number of H-pyrrole nitrogens is 2. The quantitative estimate of drug-likeness (QED) is 0.381. The maximum atomic E-state index is 13.4. The Morgan fingerprint density at radius 2 is 2.03 bits per heavy atom. The van der Waals surface area contributed by atoms with Gasteiger partial charge < -0.3 is 10.3 Å². The van der Waals surface area contributed by atoms with Crippen molar-refractivity contribution in [3.05, 3.63) is 77.3 Å². The van der Waals surface area contributed by atoms with Crippen molar-refractivity contribution in [1.29, 1.82) is 0 Å². The van der Waals surface area contributed by atoms with E-state index in [1.807, 2.05) is 31.2 Å². The minimum absolute atomic E-state index is 0.269. The Kier molecular flexibility index (Phi) is 5.25. The summed E-state index contributed by atoms with van der Waals surface area (Å²) in [6.45, 7) is 7.48. The molecule has 0 aliphatic carbocycles. The predicted molar refractivity (Wildman–Crippen MR) is 128 cm³/mol. The van der Waals surface area contributed by atoms with E-state index in [1.165, 1.54) is 17.7 Å². The van der Waals surface area contributed by atoms with Crippen LogP contribution in [0.3, 0.4) is 0 Å². The minimum atomic E-state index is -0.269. The van der Waals surface area contributed by atoms with Gasteiger partial charge in [-0.1, -0.05) is 24.3 Å². The van der Waals surface area contributed by atoms with Crippen molar-refractivity contribution >= 4 is 34.7 Å². The van der Waals surface area contributed by atoms with Gasteiger partial charge in [0.1, 0.15) is 22.8 Å². The molecule has 0 fully saturated rings. The average Bonchev–Trinajstić information content (AvgIpc) is 3.45. The molecule has 0 atom stereocenters. The maximum absolute atomic E-state index is 13.4. The highest BCUT2D eigenvalue weighted by Gasteiger charge is 2.19. The first kappa shape index (κ1) is 20.1. The van der Waals surface area contributed by atoms with Gasteiger partial charge in [0, 0.05) is 12.1 Å². The standard InChI is InChI=1S/C25H23FN6/c1-3-18(15-4-6-17(26)7-5-15)19-14-22(30-25(19)27-2)24-23-21(31-32-24)9-8-20(29-23)16-10-12-28-13-11-16/h3-10,14,28,30H,2,11-13H2,1H3,(H,31,32)/b18-3-. The Labute approximate surface area is 185 Å². The largest absolute Gasteiger partial charge is 0.338 e. The van der Waals surface area contributed by atoms with Crippen molar-refractivity contribution in [3.8, 4) is 11.4 Å². The van der Waals surface area contributed by atoms with Crippen molar-refractivity contribution in [2.75, 3.05) is 13.1 Å². The first-order valence-corrected chi connectivity index (χ1v) is 10.6. The molecule has 0 saturated heterocycles. The molecular weight excluding hydrogens is 403 g/mol. The van der Waals surface area contributed by atoms with Gasteiger partial charge in [-0.05, 0) is 73.6 Å². The number of nitrogens with one attached hydrogen (secondary N) is 3. The molecule has 0 radical (unpaired) electrons. The summed E-state index contributed by atoms with van der Waals surface area (Å²) in [5, 5.41) is 10.9. The van der Waals surface area contributed by atoms with Crippen LogP contribution < -0.4 is 5.32 Å².